The minimum Gasteiger partial charge on any atom is -0.495 e. The van der Waals surface area contributed by atoms with Gasteiger partial charge in [-0.1, -0.05) is 36.4 Å². The molecule has 0 saturated heterocycles. The molecule has 4 rings (SSSR count). The van der Waals surface area contributed by atoms with Crippen LogP contribution in [0.3, 0.4) is 0 Å². The molecule has 28 heavy (non-hydrogen) atoms. The van der Waals surface area contributed by atoms with E-state index in [4.69, 9.17) is 4.74 Å². The van der Waals surface area contributed by atoms with Crippen LogP contribution in [0.25, 0.3) is 10.8 Å². The molecule has 3 aromatic carbocycles. The highest BCUT2D eigenvalue weighted by molar-refractivity contribution is 6.25. The number of benzene rings is 3. The first kappa shape index (κ1) is 17.7. The standard InChI is InChI=1S/C22H18N2O4/c1-28-18-11-3-2-10-17(18)23-19(25)12-13-24-21(26)15-8-4-6-14-7-5-9-16(20(14)15)22(24)27/h2-11H,12-13H2,1H3,(H,23,25). The van der Waals surface area contributed by atoms with Crippen LogP contribution in [-0.4, -0.2) is 36.3 Å². The second kappa shape index (κ2) is 7.15. The third-order valence-electron chi connectivity index (χ3n) is 4.80. The fourth-order valence-corrected chi connectivity index (χ4v) is 3.46. The molecule has 0 fully saturated rings. The molecular formula is C22H18N2O4. The molecule has 0 saturated carbocycles. The Bertz CT molecular complexity index is 1060. The normalized spacial score (nSPS) is 13.0. The van der Waals surface area contributed by atoms with E-state index in [0.29, 0.717) is 28.0 Å². The highest BCUT2D eigenvalue weighted by Crippen LogP contribution is 2.30. The van der Waals surface area contributed by atoms with Crippen LogP contribution in [0.4, 0.5) is 5.69 Å². The van der Waals surface area contributed by atoms with E-state index in [0.717, 1.165) is 10.3 Å². The van der Waals surface area contributed by atoms with Gasteiger partial charge < -0.3 is 10.1 Å². The van der Waals surface area contributed by atoms with Gasteiger partial charge in [0.05, 0.1) is 12.8 Å². The van der Waals surface area contributed by atoms with Crippen molar-refractivity contribution in [3.05, 3.63) is 71.8 Å². The largest absolute Gasteiger partial charge is 0.495 e. The summed E-state index contributed by atoms with van der Waals surface area (Å²) in [4.78, 5) is 39.2. The van der Waals surface area contributed by atoms with Gasteiger partial charge in [-0.05, 0) is 29.7 Å². The number of para-hydroxylation sites is 2. The third-order valence-corrected chi connectivity index (χ3v) is 4.80. The van der Waals surface area contributed by atoms with Gasteiger partial charge in [0.15, 0.2) is 0 Å². The molecule has 0 radical (unpaired) electrons. The predicted octanol–water partition coefficient (Wildman–Crippen LogP) is 3.47. The minimum absolute atomic E-state index is 0.00334. The lowest BCUT2D eigenvalue weighted by Crippen LogP contribution is -2.41. The van der Waals surface area contributed by atoms with Gasteiger partial charge in [0.1, 0.15) is 5.75 Å². The fraction of sp³-hybridized carbons (Fsp3) is 0.136. The first-order valence-electron chi connectivity index (χ1n) is 8.91. The number of carbonyl (C=O) groups excluding carboxylic acids is 3. The molecular weight excluding hydrogens is 356 g/mol. The SMILES string of the molecule is COc1ccccc1NC(=O)CCN1C(=O)c2cccc3cccc(c23)C1=O. The Morgan fingerprint density at radius 2 is 1.57 bits per heavy atom. The lowest BCUT2D eigenvalue weighted by Gasteiger charge is -2.27. The van der Waals surface area contributed by atoms with E-state index in [9.17, 15) is 14.4 Å². The molecule has 3 amide bonds. The highest BCUT2D eigenvalue weighted by atomic mass is 16.5. The molecule has 0 spiro atoms. The number of nitrogens with zero attached hydrogens (tertiary/aromatic N) is 1. The van der Waals surface area contributed by atoms with E-state index in [1.54, 1.807) is 48.5 Å². The average molecular weight is 374 g/mol. The summed E-state index contributed by atoms with van der Waals surface area (Å²) in [6.07, 6.45) is -0.00628. The Morgan fingerprint density at radius 1 is 0.929 bits per heavy atom. The zero-order valence-electron chi connectivity index (χ0n) is 15.3. The lowest BCUT2D eigenvalue weighted by molar-refractivity contribution is -0.116. The molecule has 1 aliphatic heterocycles. The van der Waals surface area contributed by atoms with E-state index in [2.05, 4.69) is 5.32 Å². The summed E-state index contributed by atoms with van der Waals surface area (Å²) < 4.78 is 5.21. The van der Waals surface area contributed by atoms with E-state index in [1.165, 1.54) is 7.11 Å². The highest BCUT2D eigenvalue weighted by Gasteiger charge is 2.32. The van der Waals surface area contributed by atoms with Crippen LogP contribution in [0.1, 0.15) is 27.1 Å². The van der Waals surface area contributed by atoms with Crippen LogP contribution in [0.2, 0.25) is 0 Å². The number of hydrogen-bond acceptors (Lipinski definition) is 4. The average Bonchev–Trinajstić information content (AvgIpc) is 2.72. The Hall–Kier alpha value is -3.67. The summed E-state index contributed by atoms with van der Waals surface area (Å²) >= 11 is 0. The summed E-state index contributed by atoms with van der Waals surface area (Å²) in [7, 11) is 1.52. The molecule has 140 valence electrons. The number of anilines is 1. The van der Waals surface area contributed by atoms with Crippen LogP contribution < -0.4 is 10.1 Å². The number of ether oxygens (including phenoxy) is 1. The zero-order valence-corrected chi connectivity index (χ0v) is 15.3. The lowest BCUT2D eigenvalue weighted by atomic mass is 9.94. The monoisotopic (exact) mass is 374 g/mol. The minimum atomic E-state index is -0.376. The molecule has 6 nitrogen and oxygen atoms in total. The van der Waals surface area contributed by atoms with Gasteiger partial charge in [-0.2, -0.15) is 0 Å². The number of imide groups is 1. The summed E-state index contributed by atoms with van der Waals surface area (Å²) in [5.41, 5.74) is 1.51. The number of amides is 3. The maximum atomic E-state index is 12.8. The molecule has 0 bridgehead atoms. The third kappa shape index (κ3) is 2.99. The van der Waals surface area contributed by atoms with Gasteiger partial charge in [0.2, 0.25) is 5.91 Å². The molecule has 0 aromatic heterocycles. The van der Waals surface area contributed by atoms with Gasteiger partial charge in [0.25, 0.3) is 11.8 Å². The summed E-state index contributed by atoms with van der Waals surface area (Å²) in [6, 6.07) is 17.8. The Morgan fingerprint density at radius 3 is 2.21 bits per heavy atom. The topological polar surface area (TPSA) is 75.7 Å². The van der Waals surface area contributed by atoms with Crippen LogP contribution in [0.15, 0.2) is 60.7 Å². The van der Waals surface area contributed by atoms with Crippen molar-refractivity contribution in [2.75, 3.05) is 19.0 Å². The van der Waals surface area contributed by atoms with Crippen molar-refractivity contribution < 1.29 is 19.1 Å². The number of rotatable bonds is 5. The number of carbonyl (C=O) groups is 3. The quantitative estimate of drug-likeness (QED) is 0.694. The van der Waals surface area contributed by atoms with Crippen molar-refractivity contribution in [1.29, 1.82) is 0 Å². The van der Waals surface area contributed by atoms with Crippen molar-refractivity contribution in [2.45, 2.75) is 6.42 Å². The van der Waals surface area contributed by atoms with Crippen molar-refractivity contribution in [3.8, 4) is 5.75 Å². The van der Waals surface area contributed by atoms with Crippen LogP contribution in [0.5, 0.6) is 5.75 Å². The van der Waals surface area contributed by atoms with E-state index in [-0.39, 0.29) is 30.7 Å². The Labute approximate surface area is 161 Å². The van der Waals surface area contributed by atoms with Crippen molar-refractivity contribution in [3.63, 3.8) is 0 Å². The maximum Gasteiger partial charge on any atom is 0.261 e. The molecule has 1 aliphatic rings. The van der Waals surface area contributed by atoms with Crippen molar-refractivity contribution in [2.24, 2.45) is 0 Å². The van der Waals surface area contributed by atoms with E-state index < -0.39 is 0 Å². The van der Waals surface area contributed by atoms with E-state index >= 15 is 0 Å². The smallest absolute Gasteiger partial charge is 0.261 e. The fourth-order valence-electron chi connectivity index (χ4n) is 3.46. The van der Waals surface area contributed by atoms with E-state index in [1.807, 2.05) is 12.1 Å². The summed E-state index contributed by atoms with van der Waals surface area (Å²) in [5, 5.41) is 4.28. The Kier molecular flexibility index (Phi) is 4.53. The molecule has 6 heteroatoms. The van der Waals surface area contributed by atoms with Gasteiger partial charge in [-0.25, -0.2) is 0 Å². The molecule has 3 aromatic rings. The number of hydrogen-bond donors (Lipinski definition) is 1. The number of methoxy groups -OCH3 is 1. The molecule has 1 heterocycles. The first-order valence-corrected chi connectivity index (χ1v) is 8.91. The number of nitrogens with one attached hydrogen (secondary N) is 1. The summed E-state index contributed by atoms with van der Waals surface area (Å²) in [5.74, 6) is -0.512. The molecule has 0 atom stereocenters. The van der Waals surface area contributed by atoms with Gasteiger partial charge in [-0.15, -0.1) is 0 Å². The molecule has 1 N–H and O–H groups in total. The Balaban J connectivity index is 1.52. The van der Waals surface area contributed by atoms with Crippen LogP contribution >= 0.6 is 0 Å². The maximum absolute atomic E-state index is 12.8. The molecule has 0 unspecified atom stereocenters. The zero-order chi connectivity index (χ0) is 19.7. The van der Waals surface area contributed by atoms with Gasteiger partial charge >= 0.3 is 0 Å². The predicted molar refractivity (Wildman–Crippen MR) is 106 cm³/mol. The molecule has 0 aliphatic carbocycles. The van der Waals surface area contributed by atoms with Crippen LogP contribution in [0, 0.1) is 0 Å². The second-order valence-corrected chi connectivity index (χ2v) is 6.47. The van der Waals surface area contributed by atoms with Crippen molar-refractivity contribution >= 4 is 34.2 Å². The summed E-state index contributed by atoms with van der Waals surface area (Å²) in [6.45, 7) is 0.00334. The van der Waals surface area contributed by atoms with Gasteiger partial charge in [-0.3, -0.25) is 19.3 Å². The van der Waals surface area contributed by atoms with Crippen LogP contribution in [-0.2, 0) is 4.79 Å². The second-order valence-electron chi connectivity index (χ2n) is 6.47. The van der Waals surface area contributed by atoms with Gasteiger partial charge in [0, 0.05) is 29.5 Å². The first-order chi connectivity index (χ1) is 13.6. The van der Waals surface area contributed by atoms with Crippen molar-refractivity contribution in [1.82, 2.24) is 4.90 Å².